The number of aryl methyl sites for hydroxylation is 3. The number of pyridine rings is 1. The Morgan fingerprint density at radius 3 is 2.57 bits per heavy atom. The van der Waals surface area contributed by atoms with E-state index in [-0.39, 0.29) is 5.91 Å². The second-order valence-electron chi connectivity index (χ2n) is 5.09. The number of rotatable bonds is 4. The average molecular weight is 287 g/mol. The van der Waals surface area contributed by atoms with Crippen LogP contribution in [0.3, 0.4) is 0 Å². The van der Waals surface area contributed by atoms with E-state index in [1.54, 1.807) is 19.2 Å². The van der Waals surface area contributed by atoms with Crippen molar-refractivity contribution in [2.45, 2.75) is 27.3 Å². The third-order valence-electron chi connectivity index (χ3n) is 3.56. The van der Waals surface area contributed by atoms with Crippen LogP contribution in [-0.4, -0.2) is 27.7 Å². The highest BCUT2D eigenvalue weighted by molar-refractivity contribution is 5.95. The van der Waals surface area contributed by atoms with Crippen molar-refractivity contribution in [1.29, 1.82) is 0 Å². The fraction of sp³-hybridized carbons (Fsp3) is 0.400. The lowest BCUT2D eigenvalue weighted by molar-refractivity contribution is 0.0950. The van der Waals surface area contributed by atoms with Crippen LogP contribution in [0.15, 0.2) is 12.1 Å². The van der Waals surface area contributed by atoms with E-state index < -0.39 is 0 Å². The number of nitrogens with zero attached hydrogens (tertiary/aromatic N) is 3. The predicted octanol–water partition coefficient (Wildman–Crippen LogP) is 1.71. The number of anilines is 1. The van der Waals surface area contributed by atoms with Crippen LogP contribution in [0.25, 0.3) is 0 Å². The fourth-order valence-corrected chi connectivity index (χ4v) is 2.27. The van der Waals surface area contributed by atoms with Crippen LogP contribution in [0.4, 0.5) is 5.82 Å². The van der Waals surface area contributed by atoms with Crippen LogP contribution < -0.4 is 10.6 Å². The van der Waals surface area contributed by atoms with Gasteiger partial charge in [0.05, 0.1) is 5.69 Å². The average Bonchev–Trinajstić information content (AvgIpc) is 2.69. The zero-order valence-electron chi connectivity index (χ0n) is 13.1. The smallest absolute Gasteiger partial charge is 0.251 e. The maximum Gasteiger partial charge on any atom is 0.251 e. The molecular weight excluding hydrogens is 266 g/mol. The minimum Gasteiger partial charge on any atom is -0.373 e. The Morgan fingerprint density at radius 2 is 2.00 bits per heavy atom. The Labute approximate surface area is 124 Å². The van der Waals surface area contributed by atoms with E-state index in [1.165, 1.54) is 0 Å². The van der Waals surface area contributed by atoms with Crippen molar-refractivity contribution in [3.05, 3.63) is 40.3 Å². The van der Waals surface area contributed by atoms with E-state index in [9.17, 15) is 4.79 Å². The summed E-state index contributed by atoms with van der Waals surface area (Å²) in [5.41, 5.74) is 4.48. The maximum atomic E-state index is 12.3. The Hall–Kier alpha value is -2.37. The molecule has 2 N–H and O–H groups in total. The zero-order valence-corrected chi connectivity index (χ0v) is 13.1. The van der Waals surface area contributed by atoms with Gasteiger partial charge in [0.15, 0.2) is 0 Å². The molecule has 2 aromatic rings. The second kappa shape index (κ2) is 5.95. The van der Waals surface area contributed by atoms with Gasteiger partial charge in [-0.15, -0.1) is 0 Å². The molecule has 0 radical (unpaired) electrons. The number of aromatic nitrogens is 3. The first-order chi connectivity index (χ1) is 9.92. The number of carbonyl (C=O) groups is 1. The standard InChI is InChI=1S/C15H21N5O/c1-9-6-12(7-14(16-4)18-9)15(21)17-8-13-10(2)19-20(5)11(13)3/h6-7H,8H2,1-5H3,(H,16,18)(H,17,21). The highest BCUT2D eigenvalue weighted by Crippen LogP contribution is 2.13. The Bertz CT molecular complexity index is 675. The van der Waals surface area contributed by atoms with Gasteiger partial charge in [-0.25, -0.2) is 4.98 Å². The molecule has 6 nitrogen and oxygen atoms in total. The third-order valence-corrected chi connectivity index (χ3v) is 3.56. The lowest BCUT2D eigenvalue weighted by atomic mass is 10.1. The van der Waals surface area contributed by atoms with Gasteiger partial charge < -0.3 is 10.6 Å². The SMILES string of the molecule is CNc1cc(C(=O)NCc2c(C)nn(C)c2C)cc(C)n1. The fourth-order valence-electron chi connectivity index (χ4n) is 2.27. The van der Waals surface area contributed by atoms with Gasteiger partial charge in [-0.2, -0.15) is 5.10 Å². The molecule has 0 fully saturated rings. The van der Waals surface area contributed by atoms with Crippen LogP contribution in [0.2, 0.25) is 0 Å². The Balaban J connectivity index is 2.13. The van der Waals surface area contributed by atoms with E-state index in [1.807, 2.05) is 32.5 Å². The second-order valence-corrected chi connectivity index (χ2v) is 5.09. The number of hydrogen-bond acceptors (Lipinski definition) is 4. The highest BCUT2D eigenvalue weighted by Gasteiger charge is 2.12. The topological polar surface area (TPSA) is 71.8 Å². The monoisotopic (exact) mass is 287 g/mol. The number of hydrogen-bond donors (Lipinski definition) is 2. The third kappa shape index (κ3) is 3.21. The molecule has 2 aromatic heterocycles. The van der Waals surface area contributed by atoms with Gasteiger partial charge in [-0.1, -0.05) is 0 Å². The summed E-state index contributed by atoms with van der Waals surface area (Å²) in [5.74, 6) is 0.577. The van der Waals surface area contributed by atoms with Gasteiger partial charge >= 0.3 is 0 Å². The number of nitrogens with one attached hydrogen (secondary N) is 2. The van der Waals surface area contributed by atoms with E-state index in [0.717, 1.165) is 22.6 Å². The first kappa shape index (κ1) is 15.0. The molecule has 1 amide bonds. The van der Waals surface area contributed by atoms with Crippen molar-refractivity contribution >= 4 is 11.7 Å². The minimum atomic E-state index is -0.111. The van der Waals surface area contributed by atoms with Crippen molar-refractivity contribution in [2.75, 3.05) is 12.4 Å². The molecule has 0 saturated heterocycles. The zero-order chi connectivity index (χ0) is 15.6. The van der Waals surface area contributed by atoms with Crippen LogP contribution >= 0.6 is 0 Å². The van der Waals surface area contributed by atoms with E-state index in [4.69, 9.17) is 0 Å². The summed E-state index contributed by atoms with van der Waals surface area (Å²) in [5, 5.41) is 10.2. The molecule has 0 unspecified atom stereocenters. The molecule has 2 heterocycles. The van der Waals surface area contributed by atoms with Crippen molar-refractivity contribution in [3.63, 3.8) is 0 Å². The summed E-state index contributed by atoms with van der Waals surface area (Å²) in [7, 11) is 3.69. The van der Waals surface area contributed by atoms with Crippen LogP contribution in [0.5, 0.6) is 0 Å². The molecule has 0 bridgehead atoms. The first-order valence-corrected chi connectivity index (χ1v) is 6.86. The molecular formula is C15H21N5O. The molecule has 21 heavy (non-hydrogen) atoms. The largest absolute Gasteiger partial charge is 0.373 e. The highest BCUT2D eigenvalue weighted by atomic mass is 16.1. The molecule has 0 aliphatic rings. The Kier molecular flexibility index (Phi) is 4.26. The predicted molar refractivity (Wildman–Crippen MR) is 82.4 cm³/mol. The lowest BCUT2D eigenvalue weighted by Gasteiger charge is -2.08. The van der Waals surface area contributed by atoms with E-state index >= 15 is 0 Å². The first-order valence-electron chi connectivity index (χ1n) is 6.86. The summed E-state index contributed by atoms with van der Waals surface area (Å²) in [6, 6.07) is 3.52. The molecule has 6 heteroatoms. The van der Waals surface area contributed by atoms with Crippen molar-refractivity contribution in [2.24, 2.45) is 7.05 Å². The molecule has 0 aromatic carbocycles. The van der Waals surface area contributed by atoms with E-state index in [0.29, 0.717) is 17.9 Å². The summed E-state index contributed by atoms with van der Waals surface area (Å²) >= 11 is 0. The molecule has 0 aliphatic heterocycles. The Morgan fingerprint density at radius 1 is 1.29 bits per heavy atom. The lowest BCUT2D eigenvalue weighted by Crippen LogP contribution is -2.23. The van der Waals surface area contributed by atoms with Gasteiger partial charge in [0.2, 0.25) is 0 Å². The number of carbonyl (C=O) groups excluding carboxylic acids is 1. The molecule has 0 aliphatic carbocycles. The number of amides is 1. The summed E-state index contributed by atoms with van der Waals surface area (Å²) in [6.45, 7) is 6.29. The molecule has 0 saturated carbocycles. The van der Waals surface area contributed by atoms with Gasteiger partial charge in [0, 0.05) is 43.2 Å². The van der Waals surface area contributed by atoms with Gasteiger partial charge in [-0.05, 0) is 32.9 Å². The van der Waals surface area contributed by atoms with Crippen molar-refractivity contribution in [1.82, 2.24) is 20.1 Å². The van der Waals surface area contributed by atoms with Crippen LogP contribution in [-0.2, 0) is 13.6 Å². The molecule has 2 rings (SSSR count). The quantitative estimate of drug-likeness (QED) is 0.898. The van der Waals surface area contributed by atoms with Gasteiger partial charge in [-0.3, -0.25) is 9.48 Å². The van der Waals surface area contributed by atoms with Gasteiger partial charge in [0.25, 0.3) is 5.91 Å². The summed E-state index contributed by atoms with van der Waals surface area (Å²) in [6.07, 6.45) is 0. The van der Waals surface area contributed by atoms with E-state index in [2.05, 4.69) is 20.7 Å². The van der Waals surface area contributed by atoms with Gasteiger partial charge in [0.1, 0.15) is 5.82 Å². The van der Waals surface area contributed by atoms with Crippen molar-refractivity contribution in [3.8, 4) is 0 Å². The maximum absolute atomic E-state index is 12.3. The van der Waals surface area contributed by atoms with Crippen LogP contribution in [0.1, 0.15) is 33.0 Å². The molecule has 0 atom stereocenters. The van der Waals surface area contributed by atoms with Crippen LogP contribution in [0, 0.1) is 20.8 Å². The summed E-state index contributed by atoms with van der Waals surface area (Å²) < 4.78 is 1.83. The normalized spacial score (nSPS) is 10.5. The van der Waals surface area contributed by atoms with Crippen molar-refractivity contribution < 1.29 is 4.79 Å². The summed E-state index contributed by atoms with van der Waals surface area (Å²) in [4.78, 5) is 16.6. The molecule has 0 spiro atoms. The minimum absolute atomic E-state index is 0.111. The molecule has 112 valence electrons.